The summed E-state index contributed by atoms with van der Waals surface area (Å²) in [5, 5.41) is 9.65. The van der Waals surface area contributed by atoms with E-state index in [2.05, 4.69) is 33.8 Å². The molecule has 0 bridgehead atoms. The van der Waals surface area contributed by atoms with E-state index in [1.54, 1.807) is 0 Å². The number of fused-ring (bicyclic) bond motifs is 1. The first-order valence-corrected chi connectivity index (χ1v) is 12.8. The Morgan fingerprint density at radius 1 is 1.09 bits per heavy atom. The van der Waals surface area contributed by atoms with Gasteiger partial charge in [0.1, 0.15) is 5.60 Å². The molecule has 0 unspecified atom stereocenters. The van der Waals surface area contributed by atoms with Crippen molar-refractivity contribution in [3.8, 4) is 0 Å². The average molecular weight is 437 g/mol. The number of hydroxylamine groups is 1. The van der Waals surface area contributed by atoms with Crippen LogP contribution in [0.4, 0.5) is 5.69 Å². The van der Waals surface area contributed by atoms with Gasteiger partial charge in [-0.3, -0.25) is 10.3 Å². The number of nitrogens with zero attached hydrogens (tertiary/aromatic N) is 4. The molecule has 4 heterocycles. The van der Waals surface area contributed by atoms with Crippen LogP contribution in [-0.2, 0) is 11.4 Å². The summed E-state index contributed by atoms with van der Waals surface area (Å²) in [5.74, 6) is 0. The zero-order chi connectivity index (χ0) is 21.5. The van der Waals surface area contributed by atoms with Crippen LogP contribution in [0.2, 0.25) is 0 Å². The lowest BCUT2D eigenvalue weighted by atomic mass is 9.98. The molecule has 0 atom stereocenters. The number of nitrogens with one attached hydrogen (secondary N) is 2. The lowest BCUT2D eigenvalue weighted by Crippen LogP contribution is -2.43. The van der Waals surface area contributed by atoms with Crippen LogP contribution >= 0.6 is 0 Å². The second kappa shape index (κ2) is 8.34. The molecule has 2 aliphatic carbocycles. The van der Waals surface area contributed by atoms with Gasteiger partial charge < -0.3 is 10.2 Å². The summed E-state index contributed by atoms with van der Waals surface area (Å²) in [5.41, 5.74) is 7.39. The summed E-state index contributed by atoms with van der Waals surface area (Å²) in [7, 11) is 0. The summed E-state index contributed by atoms with van der Waals surface area (Å²) < 4.78 is 1.98. The summed E-state index contributed by atoms with van der Waals surface area (Å²) in [6.45, 7) is 5.34. The number of aromatic nitrogens is 3. The van der Waals surface area contributed by atoms with E-state index in [1.165, 1.54) is 64.5 Å². The number of rotatable bonds is 5. The van der Waals surface area contributed by atoms with Crippen molar-refractivity contribution in [1.82, 2.24) is 25.1 Å². The molecule has 0 amide bonds. The summed E-state index contributed by atoms with van der Waals surface area (Å²) in [6, 6.07) is 1.31. The molecule has 2 saturated carbocycles. The van der Waals surface area contributed by atoms with E-state index in [-0.39, 0.29) is 5.60 Å². The normalized spacial score (nSPS) is 24.5. The maximum absolute atomic E-state index is 6.10. The molecule has 7 nitrogen and oxygen atoms in total. The number of aryl methyl sites for hydroxylation is 1. The van der Waals surface area contributed by atoms with Gasteiger partial charge in [-0.1, -0.05) is 25.7 Å². The van der Waals surface area contributed by atoms with Crippen molar-refractivity contribution in [3.63, 3.8) is 0 Å². The van der Waals surface area contributed by atoms with Gasteiger partial charge in [-0.25, -0.2) is 9.67 Å². The van der Waals surface area contributed by atoms with Gasteiger partial charge in [-0.15, -0.1) is 0 Å². The third-order valence-electron chi connectivity index (χ3n) is 8.20. The van der Waals surface area contributed by atoms with Crippen LogP contribution in [0.15, 0.2) is 18.5 Å². The average Bonchev–Trinajstić information content (AvgIpc) is 3.63. The standard InChI is InChI=1S/C25H36N6O/c1-2-31-24-21(17-27-31)23(28-18-9-13-30(14-10-18)19-7-3-4-8-19)20(16-26-24)22-15-25(32-29-22)11-5-6-12-25/h15-19,29H,2-14H2,1H3,(H,26,28). The molecule has 32 heavy (non-hydrogen) atoms. The van der Waals surface area contributed by atoms with Gasteiger partial charge in [0.05, 0.1) is 23.0 Å². The van der Waals surface area contributed by atoms with Crippen molar-refractivity contribution in [3.05, 3.63) is 24.0 Å². The molecule has 2 aromatic heterocycles. The fourth-order valence-corrected chi connectivity index (χ4v) is 6.33. The molecule has 0 aromatic carbocycles. The van der Waals surface area contributed by atoms with Crippen LogP contribution in [0.5, 0.6) is 0 Å². The Morgan fingerprint density at radius 2 is 1.88 bits per heavy atom. The minimum absolute atomic E-state index is 0.137. The van der Waals surface area contributed by atoms with Gasteiger partial charge in [0.2, 0.25) is 0 Å². The summed E-state index contributed by atoms with van der Waals surface area (Å²) in [4.78, 5) is 13.6. The number of piperidine rings is 1. The molecule has 4 aliphatic rings. The third kappa shape index (κ3) is 3.59. The zero-order valence-corrected chi connectivity index (χ0v) is 19.3. The molecule has 2 aliphatic heterocycles. The van der Waals surface area contributed by atoms with E-state index in [4.69, 9.17) is 9.82 Å². The molecule has 1 spiro atoms. The van der Waals surface area contributed by atoms with Gasteiger partial charge in [-0.05, 0) is 51.5 Å². The highest BCUT2D eigenvalue weighted by molar-refractivity contribution is 5.95. The molecule has 6 rings (SSSR count). The van der Waals surface area contributed by atoms with Crippen LogP contribution in [0.3, 0.4) is 0 Å². The first-order chi connectivity index (χ1) is 15.7. The Kier molecular flexibility index (Phi) is 5.34. The quantitative estimate of drug-likeness (QED) is 0.721. The Bertz CT molecular complexity index is 993. The highest BCUT2D eigenvalue weighted by atomic mass is 16.7. The van der Waals surface area contributed by atoms with Gasteiger partial charge in [-0.2, -0.15) is 5.10 Å². The first-order valence-electron chi connectivity index (χ1n) is 12.8. The molecule has 0 radical (unpaired) electrons. The minimum atomic E-state index is -0.137. The van der Waals surface area contributed by atoms with Gasteiger partial charge in [0, 0.05) is 43.5 Å². The smallest absolute Gasteiger partial charge is 0.159 e. The number of likely N-dealkylation sites (tertiary alicyclic amines) is 1. The minimum Gasteiger partial charge on any atom is -0.381 e. The van der Waals surface area contributed by atoms with Crippen molar-refractivity contribution < 1.29 is 4.84 Å². The highest BCUT2D eigenvalue weighted by Gasteiger charge is 2.39. The lowest BCUT2D eigenvalue weighted by Gasteiger charge is -2.36. The van der Waals surface area contributed by atoms with E-state index >= 15 is 0 Å². The van der Waals surface area contributed by atoms with E-state index in [0.29, 0.717) is 6.04 Å². The first kappa shape index (κ1) is 20.5. The number of anilines is 1. The van der Waals surface area contributed by atoms with Crippen LogP contribution in [0.25, 0.3) is 16.7 Å². The van der Waals surface area contributed by atoms with E-state index in [0.717, 1.165) is 53.4 Å². The molecule has 7 heteroatoms. The highest BCUT2D eigenvalue weighted by Crippen LogP contribution is 2.41. The third-order valence-corrected chi connectivity index (χ3v) is 8.20. The van der Waals surface area contributed by atoms with Crippen LogP contribution in [0, 0.1) is 0 Å². The largest absolute Gasteiger partial charge is 0.381 e. The van der Waals surface area contributed by atoms with Gasteiger partial charge in [0.15, 0.2) is 5.65 Å². The van der Waals surface area contributed by atoms with E-state index in [1.807, 2.05) is 17.1 Å². The van der Waals surface area contributed by atoms with Crippen molar-refractivity contribution >= 4 is 22.4 Å². The van der Waals surface area contributed by atoms with Crippen molar-refractivity contribution in [2.75, 3.05) is 18.4 Å². The number of pyridine rings is 1. The van der Waals surface area contributed by atoms with E-state index in [9.17, 15) is 0 Å². The Morgan fingerprint density at radius 3 is 2.62 bits per heavy atom. The fourth-order valence-electron chi connectivity index (χ4n) is 6.33. The van der Waals surface area contributed by atoms with Crippen LogP contribution in [-0.4, -0.2) is 50.4 Å². The van der Waals surface area contributed by atoms with Crippen LogP contribution in [0.1, 0.15) is 76.7 Å². The molecule has 1 saturated heterocycles. The Balaban J connectivity index is 1.29. The van der Waals surface area contributed by atoms with Crippen molar-refractivity contribution in [1.29, 1.82) is 0 Å². The predicted octanol–water partition coefficient (Wildman–Crippen LogP) is 4.46. The zero-order valence-electron chi connectivity index (χ0n) is 19.3. The maximum atomic E-state index is 6.10. The molecule has 2 N–H and O–H groups in total. The molecule has 3 fully saturated rings. The molecule has 2 aromatic rings. The monoisotopic (exact) mass is 436 g/mol. The van der Waals surface area contributed by atoms with Crippen LogP contribution < -0.4 is 10.8 Å². The molecular weight excluding hydrogens is 400 g/mol. The summed E-state index contributed by atoms with van der Waals surface area (Å²) in [6.07, 6.45) is 18.9. The van der Waals surface area contributed by atoms with Crippen molar-refractivity contribution in [2.45, 2.75) is 95.4 Å². The Labute approximate surface area is 190 Å². The molecular formula is C25H36N6O. The van der Waals surface area contributed by atoms with E-state index < -0.39 is 0 Å². The number of hydrogen-bond donors (Lipinski definition) is 2. The summed E-state index contributed by atoms with van der Waals surface area (Å²) >= 11 is 0. The number of hydrogen-bond acceptors (Lipinski definition) is 6. The second-order valence-electron chi connectivity index (χ2n) is 10.2. The fraction of sp³-hybridized carbons (Fsp3) is 0.680. The van der Waals surface area contributed by atoms with Crippen molar-refractivity contribution in [2.24, 2.45) is 0 Å². The topological polar surface area (TPSA) is 67.2 Å². The van der Waals surface area contributed by atoms with Gasteiger partial charge in [0.25, 0.3) is 0 Å². The second-order valence-corrected chi connectivity index (χ2v) is 10.2. The van der Waals surface area contributed by atoms with Gasteiger partial charge >= 0.3 is 0 Å². The molecule has 172 valence electrons. The Hall–Kier alpha value is -2.12. The predicted molar refractivity (Wildman–Crippen MR) is 127 cm³/mol. The lowest BCUT2D eigenvalue weighted by molar-refractivity contribution is -0.0289. The maximum Gasteiger partial charge on any atom is 0.159 e. The SMILES string of the molecule is CCn1ncc2c(NC3CCN(C4CCCC4)CC3)c(C3=CC4(CCCC4)ON3)cnc21.